The fourth-order valence-electron chi connectivity index (χ4n) is 3.67. The first-order valence-corrected chi connectivity index (χ1v) is 9.63. The number of benzene rings is 2. The summed E-state index contributed by atoms with van der Waals surface area (Å²) in [5.41, 5.74) is 1.62. The van der Waals surface area contributed by atoms with Gasteiger partial charge in [-0.3, -0.25) is 14.9 Å². The number of nitrogens with zero attached hydrogens (tertiary/aromatic N) is 3. The molecular weight excluding hydrogens is 388 g/mol. The number of nitro groups is 1. The Balaban J connectivity index is 1.62. The number of anilines is 1. The third-order valence-electron chi connectivity index (χ3n) is 5.18. The van der Waals surface area contributed by atoms with E-state index < -0.39 is 10.9 Å². The molecule has 1 N–H and O–H groups in total. The maximum absolute atomic E-state index is 12.8. The molecule has 1 aliphatic heterocycles. The van der Waals surface area contributed by atoms with Gasteiger partial charge in [0, 0.05) is 25.2 Å². The number of aromatic amines is 1. The molecule has 1 aromatic heterocycles. The molecular formula is C21H20N4O5. The molecule has 0 spiro atoms. The zero-order chi connectivity index (χ0) is 21.3. The molecule has 1 fully saturated rings. The van der Waals surface area contributed by atoms with Gasteiger partial charge in [-0.2, -0.15) is 0 Å². The summed E-state index contributed by atoms with van der Waals surface area (Å²) in [5.74, 6) is -0.489. The molecule has 0 saturated carbocycles. The molecule has 0 bridgehead atoms. The number of carbonyl (C=O) groups excluding carboxylic acids is 1. The van der Waals surface area contributed by atoms with Gasteiger partial charge < -0.3 is 14.6 Å². The zero-order valence-electron chi connectivity index (χ0n) is 16.4. The molecule has 0 aliphatic carbocycles. The summed E-state index contributed by atoms with van der Waals surface area (Å²) >= 11 is 0. The fraction of sp³-hybridized carbons (Fsp3) is 0.286. The molecule has 154 valence electrons. The van der Waals surface area contributed by atoms with Crippen LogP contribution in [0, 0.1) is 17.0 Å². The van der Waals surface area contributed by atoms with E-state index in [1.165, 1.54) is 12.1 Å². The average molecular weight is 408 g/mol. The lowest BCUT2D eigenvalue weighted by Gasteiger charge is -2.20. The number of nitrogens with one attached hydrogen (secondary N) is 1. The topological polar surface area (TPSA) is 118 Å². The van der Waals surface area contributed by atoms with Crippen LogP contribution in [0.2, 0.25) is 0 Å². The monoisotopic (exact) mass is 408 g/mol. The normalized spacial score (nSPS) is 13.6. The number of hydrogen-bond donors (Lipinski definition) is 1. The molecule has 0 atom stereocenters. The number of aromatic nitrogens is 2. The maximum atomic E-state index is 12.8. The van der Waals surface area contributed by atoms with Crippen molar-refractivity contribution in [1.82, 2.24) is 9.97 Å². The van der Waals surface area contributed by atoms with Crippen molar-refractivity contribution in [1.29, 1.82) is 0 Å². The average Bonchev–Trinajstić information content (AvgIpc) is 3.27. The third-order valence-corrected chi connectivity index (χ3v) is 5.18. The van der Waals surface area contributed by atoms with Gasteiger partial charge in [0.05, 0.1) is 27.1 Å². The Kier molecular flexibility index (Phi) is 5.18. The van der Waals surface area contributed by atoms with Gasteiger partial charge in [0.25, 0.3) is 11.2 Å². The van der Waals surface area contributed by atoms with Gasteiger partial charge in [0.2, 0.25) is 0 Å². The molecule has 30 heavy (non-hydrogen) atoms. The van der Waals surface area contributed by atoms with Crippen LogP contribution in [0.4, 0.5) is 11.4 Å². The van der Waals surface area contributed by atoms with Crippen molar-refractivity contribution in [3.63, 3.8) is 0 Å². The number of para-hydroxylation sites is 1. The molecule has 1 aliphatic rings. The lowest BCUT2D eigenvalue weighted by molar-refractivity contribution is -0.384. The minimum atomic E-state index is -0.701. The van der Waals surface area contributed by atoms with Gasteiger partial charge in [0.1, 0.15) is 12.4 Å². The lowest BCUT2D eigenvalue weighted by Crippen LogP contribution is -2.22. The second-order valence-corrected chi connectivity index (χ2v) is 7.21. The Bertz CT molecular complexity index is 1200. The van der Waals surface area contributed by atoms with E-state index in [0.29, 0.717) is 16.6 Å². The summed E-state index contributed by atoms with van der Waals surface area (Å²) in [5, 5.41) is 11.6. The van der Waals surface area contributed by atoms with Crippen LogP contribution in [0.3, 0.4) is 0 Å². The van der Waals surface area contributed by atoms with E-state index in [0.717, 1.165) is 31.5 Å². The van der Waals surface area contributed by atoms with Crippen LogP contribution in [-0.2, 0) is 11.3 Å². The maximum Gasteiger partial charge on any atom is 0.340 e. The van der Waals surface area contributed by atoms with E-state index in [9.17, 15) is 19.7 Å². The highest BCUT2D eigenvalue weighted by Crippen LogP contribution is 2.29. The molecule has 9 nitrogen and oxygen atoms in total. The third kappa shape index (κ3) is 3.73. The highest BCUT2D eigenvalue weighted by molar-refractivity contribution is 5.96. The Morgan fingerprint density at radius 2 is 2.03 bits per heavy atom. The number of nitro benzene ring substituents is 1. The number of hydrogen-bond acceptors (Lipinski definition) is 7. The van der Waals surface area contributed by atoms with Crippen molar-refractivity contribution in [3.8, 4) is 0 Å². The Morgan fingerprint density at radius 1 is 1.27 bits per heavy atom. The molecule has 2 heterocycles. The Labute approximate surface area is 171 Å². The molecule has 4 rings (SSSR count). The SMILES string of the molecule is Cc1cccc2c(=O)[nH]c(COC(=O)c3cc([N+](=O)[O-])ccc3N3CCCC3)nc12. The number of esters is 1. The number of H-pyrrole nitrogens is 1. The van der Waals surface area contributed by atoms with Crippen LogP contribution in [0.5, 0.6) is 0 Å². The zero-order valence-corrected chi connectivity index (χ0v) is 16.4. The minimum absolute atomic E-state index is 0.130. The number of rotatable bonds is 5. The number of carbonyl (C=O) groups is 1. The number of ether oxygens (including phenoxy) is 1. The van der Waals surface area contributed by atoms with Gasteiger partial charge in [-0.15, -0.1) is 0 Å². The first kappa shape index (κ1) is 19.6. The van der Waals surface area contributed by atoms with E-state index in [-0.39, 0.29) is 29.2 Å². The molecule has 9 heteroatoms. The summed E-state index contributed by atoms with van der Waals surface area (Å²) in [4.78, 5) is 44.7. The molecule has 1 saturated heterocycles. The fourth-order valence-corrected chi connectivity index (χ4v) is 3.67. The van der Waals surface area contributed by atoms with Crippen molar-refractivity contribution < 1.29 is 14.5 Å². The van der Waals surface area contributed by atoms with Crippen molar-refractivity contribution in [2.75, 3.05) is 18.0 Å². The van der Waals surface area contributed by atoms with Crippen molar-refractivity contribution in [2.45, 2.75) is 26.4 Å². The smallest absolute Gasteiger partial charge is 0.340 e. The minimum Gasteiger partial charge on any atom is -0.454 e. The first-order chi connectivity index (χ1) is 14.4. The molecule has 2 aromatic carbocycles. The van der Waals surface area contributed by atoms with Gasteiger partial charge in [-0.25, -0.2) is 9.78 Å². The van der Waals surface area contributed by atoms with Crippen LogP contribution in [0.25, 0.3) is 10.9 Å². The predicted octanol–water partition coefficient (Wildman–Crippen LogP) is 3.10. The van der Waals surface area contributed by atoms with Gasteiger partial charge in [-0.05, 0) is 37.5 Å². The van der Waals surface area contributed by atoms with Crippen molar-refractivity contribution in [3.05, 3.63) is 73.8 Å². The van der Waals surface area contributed by atoms with Gasteiger partial charge in [0.15, 0.2) is 0 Å². The van der Waals surface area contributed by atoms with Crippen LogP contribution in [0.1, 0.15) is 34.6 Å². The van der Waals surface area contributed by atoms with Crippen LogP contribution in [0.15, 0.2) is 41.2 Å². The number of fused-ring (bicyclic) bond motifs is 1. The quantitative estimate of drug-likeness (QED) is 0.391. The number of non-ortho nitro benzene ring substituents is 1. The number of aryl methyl sites for hydroxylation is 1. The summed E-state index contributed by atoms with van der Waals surface area (Å²) in [7, 11) is 0. The van der Waals surface area contributed by atoms with E-state index >= 15 is 0 Å². The largest absolute Gasteiger partial charge is 0.454 e. The standard InChI is InChI=1S/C21H20N4O5/c1-13-5-4-6-15-19(13)22-18(23-20(15)26)12-30-21(27)16-11-14(25(28)29)7-8-17(16)24-9-2-3-10-24/h4-8,11H,2-3,9-10,12H2,1H3,(H,22,23,26). The van der Waals surface area contributed by atoms with Crippen molar-refractivity contribution >= 4 is 28.2 Å². The van der Waals surface area contributed by atoms with Gasteiger partial charge >= 0.3 is 5.97 Å². The highest BCUT2D eigenvalue weighted by atomic mass is 16.6. The van der Waals surface area contributed by atoms with E-state index in [1.807, 2.05) is 17.9 Å². The summed E-state index contributed by atoms with van der Waals surface area (Å²) in [6, 6.07) is 9.49. The summed E-state index contributed by atoms with van der Waals surface area (Å²) in [6.45, 7) is 3.14. The molecule has 0 radical (unpaired) electrons. The first-order valence-electron chi connectivity index (χ1n) is 9.63. The highest BCUT2D eigenvalue weighted by Gasteiger charge is 2.23. The molecule has 0 unspecified atom stereocenters. The van der Waals surface area contributed by atoms with E-state index in [1.54, 1.807) is 18.2 Å². The second kappa shape index (κ2) is 7.94. The summed E-state index contributed by atoms with van der Waals surface area (Å²) in [6.07, 6.45) is 1.99. The summed E-state index contributed by atoms with van der Waals surface area (Å²) < 4.78 is 5.37. The van der Waals surface area contributed by atoms with Crippen LogP contribution >= 0.6 is 0 Å². The van der Waals surface area contributed by atoms with Gasteiger partial charge in [-0.1, -0.05) is 12.1 Å². The second-order valence-electron chi connectivity index (χ2n) is 7.21. The predicted molar refractivity (Wildman–Crippen MR) is 111 cm³/mol. The lowest BCUT2D eigenvalue weighted by atomic mass is 10.1. The van der Waals surface area contributed by atoms with E-state index in [2.05, 4.69) is 9.97 Å². The van der Waals surface area contributed by atoms with Crippen molar-refractivity contribution in [2.24, 2.45) is 0 Å². The Hall–Kier alpha value is -3.75. The van der Waals surface area contributed by atoms with Crippen LogP contribution in [-0.4, -0.2) is 34.0 Å². The Morgan fingerprint density at radius 3 is 2.77 bits per heavy atom. The van der Waals surface area contributed by atoms with E-state index in [4.69, 9.17) is 4.74 Å². The van der Waals surface area contributed by atoms with Crippen LogP contribution < -0.4 is 10.5 Å². The molecule has 0 amide bonds. The molecule has 3 aromatic rings.